The van der Waals surface area contributed by atoms with Gasteiger partial charge in [-0.15, -0.1) is 0 Å². The quantitative estimate of drug-likeness (QED) is 0.806. The highest BCUT2D eigenvalue weighted by molar-refractivity contribution is 5.67. The molecule has 0 unspecified atom stereocenters. The highest BCUT2D eigenvalue weighted by Crippen LogP contribution is 2.06. The van der Waals surface area contributed by atoms with E-state index >= 15 is 0 Å². The van der Waals surface area contributed by atoms with Crippen LogP contribution in [-0.4, -0.2) is 29.8 Å². The van der Waals surface area contributed by atoms with Crippen LogP contribution in [0.25, 0.3) is 0 Å². The van der Waals surface area contributed by atoms with Crippen LogP contribution < -0.4 is 10.6 Å². The summed E-state index contributed by atoms with van der Waals surface area (Å²) in [6.45, 7) is 8.61. The fourth-order valence-corrected chi connectivity index (χ4v) is 1.30. The molecular weight excluding hydrogens is 230 g/mol. The summed E-state index contributed by atoms with van der Waals surface area (Å²) in [6.07, 6.45) is 1.35. The van der Waals surface area contributed by atoms with E-state index in [0.717, 1.165) is 11.4 Å². The average Bonchev–Trinajstić information content (AvgIpc) is 2.22. The first kappa shape index (κ1) is 14.3. The Morgan fingerprint density at radius 2 is 2.11 bits per heavy atom. The van der Waals surface area contributed by atoms with E-state index in [-0.39, 0.29) is 0 Å². The minimum Gasteiger partial charge on any atom is -0.444 e. The van der Waals surface area contributed by atoms with Crippen LogP contribution in [0.1, 0.15) is 26.3 Å². The van der Waals surface area contributed by atoms with Crippen molar-refractivity contribution < 1.29 is 9.53 Å². The predicted octanol–water partition coefficient (Wildman–Crippen LogP) is 2.33. The molecule has 0 saturated heterocycles. The number of amides is 1. The number of carbonyl (C=O) groups excluding carboxylic acids is 1. The molecule has 0 aliphatic carbocycles. The van der Waals surface area contributed by atoms with Crippen LogP contribution in [0.4, 0.5) is 10.6 Å². The Bertz CT molecular complexity index is 399. The number of carbonyl (C=O) groups is 1. The average molecular weight is 251 g/mol. The molecule has 5 heteroatoms. The number of aromatic nitrogens is 1. The second-order valence-corrected chi connectivity index (χ2v) is 5.07. The first-order valence-corrected chi connectivity index (χ1v) is 6.00. The van der Waals surface area contributed by atoms with Crippen LogP contribution in [0.5, 0.6) is 0 Å². The van der Waals surface area contributed by atoms with Gasteiger partial charge in [0.25, 0.3) is 0 Å². The van der Waals surface area contributed by atoms with Crippen LogP contribution in [-0.2, 0) is 4.74 Å². The Morgan fingerprint density at radius 1 is 1.39 bits per heavy atom. The zero-order valence-corrected chi connectivity index (χ0v) is 11.4. The van der Waals surface area contributed by atoms with Crippen molar-refractivity contribution in [1.82, 2.24) is 10.3 Å². The van der Waals surface area contributed by atoms with Crippen molar-refractivity contribution in [2.45, 2.75) is 33.3 Å². The van der Waals surface area contributed by atoms with Gasteiger partial charge >= 0.3 is 6.09 Å². The maximum absolute atomic E-state index is 11.3. The second kappa shape index (κ2) is 6.23. The van der Waals surface area contributed by atoms with Gasteiger partial charge < -0.3 is 15.4 Å². The van der Waals surface area contributed by atoms with Gasteiger partial charge in [0.2, 0.25) is 0 Å². The van der Waals surface area contributed by atoms with E-state index in [4.69, 9.17) is 4.74 Å². The van der Waals surface area contributed by atoms with Crippen molar-refractivity contribution >= 4 is 11.9 Å². The van der Waals surface area contributed by atoms with Crippen LogP contribution >= 0.6 is 0 Å². The summed E-state index contributed by atoms with van der Waals surface area (Å²) in [5.74, 6) is 0.806. The molecular formula is C13H21N3O2. The van der Waals surface area contributed by atoms with Crippen molar-refractivity contribution in [2.24, 2.45) is 0 Å². The van der Waals surface area contributed by atoms with Crippen LogP contribution in [0.3, 0.4) is 0 Å². The first-order valence-electron chi connectivity index (χ1n) is 6.00. The summed E-state index contributed by atoms with van der Waals surface area (Å²) >= 11 is 0. The fourth-order valence-electron chi connectivity index (χ4n) is 1.30. The van der Waals surface area contributed by atoms with Crippen LogP contribution in [0, 0.1) is 6.92 Å². The molecule has 18 heavy (non-hydrogen) atoms. The lowest BCUT2D eigenvalue weighted by atomic mass is 10.2. The van der Waals surface area contributed by atoms with Crippen molar-refractivity contribution in [2.75, 3.05) is 18.4 Å². The lowest BCUT2D eigenvalue weighted by Gasteiger charge is -2.19. The maximum Gasteiger partial charge on any atom is 0.407 e. The molecule has 1 rings (SSSR count). The Morgan fingerprint density at radius 3 is 2.72 bits per heavy atom. The van der Waals surface area contributed by atoms with E-state index in [0.29, 0.717) is 13.1 Å². The van der Waals surface area contributed by atoms with E-state index in [1.165, 1.54) is 0 Å². The highest BCUT2D eigenvalue weighted by atomic mass is 16.6. The number of aryl methyl sites for hydroxylation is 1. The number of alkyl carbamates (subject to hydrolysis) is 1. The third kappa shape index (κ3) is 6.08. The lowest BCUT2D eigenvalue weighted by molar-refractivity contribution is 0.0530. The Labute approximate surface area is 108 Å². The van der Waals surface area contributed by atoms with Crippen LogP contribution in [0.15, 0.2) is 18.3 Å². The Hall–Kier alpha value is -1.78. The molecule has 0 radical (unpaired) electrons. The summed E-state index contributed by atoms with van der Waals surface area (Å²) in [4.78, 5) is 15.5. The molecule has 1 aromatic rings. The van der Waals surface area contributed by atoms with Gasteiger partial charge in [0.1, 0.15) is 11.4 Å². The van der Waals surface area contributed by atoms with Gasteiger partial charge in [-0.25, -0.2) is 9.78 Å². The second-order valence-electron chi connectivity index (χ2n) is 5.07. The van der Waals surface area contributed by atoms with Gasteiger partial charge in [0.05, 0.1) is 0 Å². The molecule has 0 atom stereocenters. The zero-order chi connectivity index (χ0) is 13.6. The minimum absolute atomic E-state index is 0.401. The number of ether oxygens (including phenoxy) is 1. The first-order chi connectivity index (χ1) is 8.37. The summed E-state index contributed by atoms with van der Waals surface area (Å²) in [6, 6.07) is 3.89. The zero-order valence-electron chi connectivity index (χ0n) is 11.4. The maximum atomic E-state index is 11.3. The van der Waals surface area contributed by atoms with E-state index in [2.05, 4.69) is 15.6 Å². The van der Waals surface area contributed by atoms with Gasteiger partial charge in [-0.2, -0.15) is 0 Å². The number of hydrogen-bond acceptors (Lipinski definition) is 4. The molecule has 0 fully saturated rings. The predicted molar refractivity (Wildman–Crippen MR) is 71.7 cm³/mol. The molecule has 0 bridgehead atoms. The number of pyridine rings is 1. The van der Waals surface area contributed by atoms with E-state index in [1.54, 1.807) is 6.20 Å². The van der Waals surface area contributed by atoms with Gasteiger partial charge in [-0.3, -0.25) is 0 Å². The van der Waals surface area contributed by atoms with E-state index in [9.17, 15) is 4.79 Å². The van der Waals surface area contributed by atoms with Gasteiger partial charge in [0, 0.05) is 19.3 Å². The molecule has 100 valence electrons. The molecule has 1 amide bonds. The van der Waals surface area contributed by atoms with Gasteiger partial charge in [-0.1, -0.05) is 0 Å². The molecule has 0 aliphatic rings. The standard InChI is InChI=1S/C13H21N3O2/c1-10-5-6-14-11(9-10)15-7-8-16-12(17)18-13(2,3)4/h5-6,9H,7-8H2,1-4H3,(H,14,15)(H,16,17). The summed E-state index contributed by atoms with van der Waals surface area (Å²) in [7, 11) is 0. The van der Waals surface area contributed by atoms with Gasteiger partial charge in [-0.05, 0) is 45.4 Å². The normalized spacial score (nSPS) is 10.9. The molecule has 0 aliphatic heterocycles. The molecule has 0 spiro atoms. The topological polar surface area (TPSA) is 63.2 Å². The van der Waals surface area contributed by atoms with Crippen molar-refractivity contribution in [3.05, 3.63) is 23.9 Å². The number of nitrogens with zero attached hydrogens (tertiary/aromatic N) is 1. The summed E-state index contributed by atoms with van der Waals surface area (Å²) < 4.78 is 5.12. The summed E-state index contributed by atoms with van der Waals surface area (Å²) in [5, 5.41) is 5.79. The number of rotatable bonds is 4. The summed E-state index contributed by atoms with van der Waals surface area (Å²) in [5.41, 5.74) is 0.683. The van der Waals surface area contributed by atoms with Gasteiger partial charge in [0.15, 0.2) is 0 Å². The van der Waals surface area contributed by atoms with E-state index < -0.39 is 11.7 Å². The van der Waals surface area contributed by atoms with Crippen LogP contribution in [0.2, 0.25) is 0 Å². The molecule has 0 saturated carbocycles. The number of anilines is 1. The minimum atomic E-state index is -0.463. The highest BCUT2D eigenvalue weighted by Gasteiger charge is 2.15. The molecule has 2 N–H and O–H groups in total. The fraction of sp³-hybridized carbons (Fsp3) is 0.538. The number of hydrogen-bond donors (Lipinski definition) is 2. The largest absolute Gasteiger partial charge is 0.444 e. The monoisotopic (exact) mass is 251 g/mol. The Balaban J connectivity index is 2.21. The SMILES string of the molecule is Cc1ccnc(NCCNC(=O)OC(C)(C)C)c1. The van der Waals surface area contributed by atoms with Crippen molar-refractivity contribution in [3.63, 3.8) is 0 Å². The molecule has 0 aromatic carbocycles. The third-order valence-corrected chi connectivity index (χ3v) is 2.01. The smallest absolute Gasteiger partial charge is 0.407 e. The molecule has 1 aromatic heterocycles. The van der Waals surface area contributed by atoms with Crippen molar-refractivity contribution in [3.8, 4) is 0 Å². The molecule has 1 heterocycles. The lowest BCUT2D eigenvalue weighted by Crippen LogP contribution is -2.35. The Kier molecular flexibility index (Phi) is 4.95. The third-order valence-electron chi connectivity index (χ3n) is 2.01. The number of nitrogens with one attached hydrogen (secondary N) is 2. The van der Waals surface area contributed by atoms with Crippen molar-refractivity contribution in [1.29, 1.82) is 0 Å². The van der Waals surface area contributed by atoms with E-state index in [1.807, 2.05) is 39.8 Å². The molecule has 5 nitrogen and oxygen atoms in total.